The fourth-order valence-corrected chi connectivity index (χ4v) is 2.58. The van der Waals surface area contributed by atoms with Gasteiger partial charge in [0.25, 0.3) is 0 Å². The number of ether oxygens (including phenoxy) is 1. The van der Waals surface area contributed by atoms with E-state index in [-0.39, 0.29) is 12.4 Å². The van der Waals surface area contributed by atoms with Gasteiger partial charge in [0.15, 0.2) is 10.9 Å². The van der Waals surface area contributed by atoms with Crippen LogP contribution in [0.1, 0.15) is 60.6 Å². The maximum atomic E-state index is 12.1. The SMILES string of the molecule is CCCNC(=S)NNC(=O)c1ccc(COc2cc(C)ccc2C(C)C)o1. The largest absolute Gasteiger partial charge is 0.485 e. The van der Waals surface area contributed by atoms with Gasteiger partial charge in [0.2, 0.25) is 0 Å². The van der Waals surface area contributed by atoms with Crippen molar-refractivity contribution < 1.29 is 13.9 Å². The molecule has 1 heterocycles. The van der Waals surface area contributed by atoms with Crippen LogP contribution >= 0.6 is 12.2 Å². The third kappa shape index (κ3) is 6.29. The van der Waals surface area contributed by atoms with Gasteiger partial charge in [0.1, 0.15) is 18.1 Å². The third-order valence-electron chi connectivity index (χ3n) is 3.87. The summed E-state index contributed by atoms with van der Waals surface area (Å²) in [5.74, 6) is 1.55. The fourth-order valence-electron chi connectivity index (χ4n) is 2.43. The Balaban J connectivity index is 1.92. The number of benzene rings is 1. The summed E-state index contributed by atoms with van der Waals surface area (Å²) in [4.78, 5) is 12.1. The summed E-state index contributed by atoms with van der Waals surface area (Å²) in [5, 5.41) is 3.32. The summed E-state index contributed by atoms with van der Waals surface area (Å²) >= 11 is 5.04. The molecule has 0 atom stereocenters. The Bertz CT molecular complexity index is 787. The maximum absolute atomic E-state index is 12.1. The van der Waals surface area contributed by atoms with Crippen molar-refractivity contribution in [3.63, 3.8) is 0 Å². The minimum atomic E-state index is -0.402. The second kappa shape index (κ2) is 9.97. The first-order valence-electron chi connectivity index (χ1n) is 9.07. The lowest BCUT2D eigenvalue weighted by Gasteiger charge is -2.14. The predicted molar refractivity (Wildman–Crippen MR) is 110 cm³/mol. The van der Waals surface area contributed by atoms with Crippen LogP contribution in [0.3, 0.4) is 0 Å². The van der Waals surface area contributed by atoms with E-state index in [1.807, 2.05) is 19.9 Å². The third-order valence-corrected chi connectivity index (χ3v) is 4.12. The molecular formula is C20H27N3O3S. The number of hydrogen-bond donors (Lipinski definition) is 3. The van der Waals surface area contributed by atoms with Crippen molar-refractivity contribution in [1.82, 2.24) is 16.2 Å². The van der Waals surface area contributed by atoms with Crippen LogP contribution in [0.4, 0.5) is 0 Å². The monoisotopic (exact) mass is 389 g/mol. The molecule has 1 aromatic carbocycles. The summed E-state index contributed by atoms with van der Waals surface area (Å²) in [6, 6.07) is 9.51. The number of amides is 1. The van der Waals surface area contributed by atoms with E-state index in [0.717, 1.165) is 29.8 Å². The van der Waals surface area contributed by atoms with Gasteiger partial charge in [-0.2, -0.15) is 0 Å². The van der Waals surface area contributed by atoms with E-state index in [0.29, 0.717) is 16.8 Å². The summed E-state index contributed by atoms with van der Waals surface area (Å²) in [7, 11) is 0. The number of carbonyl (C=O) groups is 1. The standard InChI is InChI=1S/C20H27N3O3S/c1-5-10-21-20(27)23-22-19(24)17-9-7-15(26-17)12-25-18-11-14(4)6-8-16(18)13(2)3/h6-9,11,13H,5,10,12H2,1-4H3,(H,22,24)(H2,21,23,27). The van der Waals surface area contributed by atoms with Gasteiger partial charge in [0, 0.05) is 6.54 Å². The van der Waals surface area contributed by atoms with Gasteiger partial charge in [-0.1, -0.05) is 32.9 Å². The average molecular weight is 390 g/mol. The lowest BCUT2D eigenvalue weighted by atomic mass is 10.0. The number of nitrogens with one attached hydrogen (secondary N) is 3. The zero-order valence-corrected chi connectivity index (χ0v) is 17.0. The number of hydrogen-bond acceptors (Lipinski definition) is 4. The van der Waals surface area contributed by atoms with E-state index in [4.69, 9.17) is 21.4 Å². The lowest BCUT2D eigenvalue weighted by Crippen LogP contribution is -2.46. The summed E-state index contributed by atoms with van der Waals surface area (Å²) in [5.41, 5.74) is 7.41. The van der Waals surface area contributed by atoms with Crippen LogP contribution in [0.15, 0.2) is 34.7 Å². The van der Waals surface area contributed by atoms with E-state index in [1.54, 1.807) is 12.1 Å². The highest BCUT2D eigenvalue weighted by Gasteiger charge is 2.13. The molecule has 146 valence electrons. The van der Waals surface area contributed by atoms with Gasteiger partial charge < -0.3 is 14.5 Å². The van der Waals surface area contributed by atoms with Gasteiger partial charge in [-0.05, 0) is 60.8 Å². The molecule has 7 heteroatoms. The second-order valence-electron chi connectivity index (χ2n) is 6.59. The maximum Gasteiger partial charge on any atom is 0.305 e. The molecule has 0 radical (unpaired) electrons. The van der Waals surface area contributed by atoms with Gasteiger partial charge in [0.05, 0.1) is 0 Å². The minimum Gasteiger partial charge on any atom is -0.485 e. The van der Waals surface area contributed by atoms with Crippen LogP contribution in [0.2, 0.25) is 0 Å². The zero-order chi connectivity index (χ0) is 19.8. The molecule has 0 spiro atoms. The topological polar surface area (TPSA) is 75.5 Å². The Kier molecular flexibility index (Phi) is 7.67. The van der Waals surface area contributed by atoms with Gasteiger partial charge in [-0.3, -0.25) is 15.6 Å². The molecule has 0 saturated heterocycles. The van der Waals surface area contributed by atoms with Crippen LogP contribution in [-0.4, -0.2) is 17.6 Å². The highest BCUT2D eigenvalue weighted by Crippen LogP contribution is 2.28. The number of rotatable bonds is 7. The Morgan fingerprint density at radius 1 is 1.22 bits per heavy atom. The van der Waals surface area contributed by atoms with Gasteiger partial charge in [-0.25, -0.2) is 0 Å². The highest BCUT2D eigenvalue weighted by atomic mass is 32.1. The molecule has 0 unspecified atom stereocenters. The van der Waals surface area contributed by atoms with Crippen LogP contribution in [0, 0.1) is 6.92 Å². The van der Waals surface area contributed by atoms with E-state index in [1.165, 1.54) is 0 Å². The Labute approximate surface area is 165 Å². The Morgan fingerprint density at radius 3 is 2.70 bits per heavy atom. The lowest BCUT2D eigenvalue weighted by molar-refractivity contribution is 0.0911. The molecule has 0 fully saturated rings. The number of furan rings is 1. The van der Waals surface area contributed by atoms with Crippen molar-refractivity contribution in [3.8, 4) is 5.75 Å². The van der Waals surface area contributed by atoms with Crippen molar-refractivity contribution in [2.75, 3.05) is 6.54 Å². The van der Waals surface area contributed by atoms with Crippen molar-refractivity contribution in [2.45, 2.75) is 46.6 Å². The van der Waals surface area contributed by atoms with Gasteiger partial charge >= 0.3 is 5.91 Å². The van der Waals surface area contributed by atoms with Crippen molar-refractivity contribution in [3.05, 3.63) is 53.0 Å². The fraction of sp³-hybridized carbons (Fsp3) is 0.400. The van der Waals surface area contributed by atoms with E-state index >= 15 is 0 Å². The molecule has 0 aliphatic rings. The highest BCUT2D eigenvalue weighted by molar-refractivity contribution is 7.80. The van der Waals surface area contributed by atoms with E-state index < -0.39 is 5.91 Å². The van der Waals surface area contributed by atoms with Gasteiger partial charge in [-0.15, -0.1) is 0 Å². The predicted octanol–water partition coefficient (Wildman–Crippen LogP) is 3.81. The number of carbonyl (C=O) groups excluding carboxylic acids is 1. The first kappa shape index (κ1) is 20.8. The molecule has 0 aliphatic carbocycles. The molecule has 0 aliphatic heterocycles. The van der Waals surface area contributed by atoms with E-state index in [9.17, 15) is 4.79 Å². The molecular weight excluding hydrogens is 362 g/mol. The van der Waals surface area contributed by atoms with Crippen molar-refractivity contribution in [2.24, 2.45) is 0 Å². The molecule has 0 saturated carbocycles. The molecule has 3 N–H and O–H groups in total. The molecule has 2 rings (SSSR count). The van der Waals surface area contributed by atoms with Crippen molar-refractivity contribution >= 4 is 23.2 Å². The minimum absolute atomic E-state index is 0.188. The second-order valence-corrected chi connectivity index (χ2v) is 6.99. The van der Waals surface area contributed by atoms with Crippen LogP contribution in [0.5, 0.6) is 5.75 Å². The molecule has 6 nitrogen and oxygen atoms in total. The summed E-state index contributed by atoms with van der Waals surface area (Å²) < 4.78 is 11.5. The molecule has 1 amide bonds. The Morgan fingerprint density at radius 2 is 2.00 bits per heavy atom. The van der Waals surface area contributed by atoms with Crippen LogP contribution in [-0.2, 0) is 6.61 Å². The number of thiocarbonyl (C=S) groups is 1. The molecule has 27 heavy (non-hydrogen) atoms. The van der Waals surface area contributed by atoms with E-state index in [2.05, 4.69) is 42.1 Å². The smallest absolute Gasteiger partial charge is 0.305 e. The quantitative estimate of drug-likeness (QED) is 0.494. The zero-order valence-electron chi connectivity index (χ0n) is 16.2. The number of aryl methyl sites for hydroxylation is 1. The molecule has 0 bridgehead atoms. The molecule has 2 aromatic rings. The normalized spacial score (nSPS) is 10.6. The molecule has 1 aromatic heterocycles. The first-order valence-corrected chi connectivity index (χ1v) is 9.47. The summed E-state index contributed by atoms with van der Waals surface area (Å²) in [6.45, 7) is 9.29. The van der Waals surface area contributed by atoms with Crippen molar-refractivity contribution in [1.29, 1.82) is 0 Å². The first-order chi connectivity index (χ1) is 12.9. The average Bonchev–Trinajstić information content (AvgIpc) is 3.11. The van der Waals surface area contributed by atoms with Crippen LogP contribution in [0.25, 0.3) is 0 Å². The summed E-state index contributed by atoms with van der Waals surface area (Å²) in [6.07, 6.45) is 0.941. The van der Waals surface area contributed by atoms with Crippen LogP contribution < -0.4 is 20.9 Å². The number of hydrazine groups is 1. The Hall–Kier alpha value is -2.54.